The Morgan fingerprint density at radius 1 is 0.929 bits per heavy atom. The molecule has 0 saturated heterocycles. The zero-order valence-corrected chi connectivity index (χ0v) is 17.8. The Balaban J connectivity index is 2.00. The Hall–Kier alpha value is -2.96. The molecule has 0 aliphatic carbocycles. The van der Waals surface area contributed by atoms with E-state index in [9.17, 15) is 0 Å². The van der Waals surface area contributed by atoms with Gasteiger partial charge in [0.05, 0.1) is 0 Å². The predicted molar refractivity (Wildman–Crippen MR) is 109 cm³/mol. The summed E-state index contributed by atoms with van der Waals surface area (Å²) in [7, 11) is 6.35. The van der Waals surface area contributed by atoms with Gasteiger partial charge >= 0.3 is 169 Å². The van der Waals surface area contributed by atoms with Crippen LogP contribution >= 0.6 is 0 Å². The van der Waals surface area contributed by atoms with Crippen LogP contribution in [0.4, 0.5) is 0 Å². The van der Waals surface area contributed by atoms with Crippen LogP contribution in [0, 0.1) is 0 Å². The topological polar surface area (TPSA) is 88.2 Å². The van der Waals surface area contributed by atoms with Crippen molar-refractivity contribution in [2.24, 2.45) is 10.9 Å². The molecule has 0 unspecified atom stereocenters. The average Bonchev–Trinajstić information content (AvgIpc) is 3.23. The Bertz CT molecular complexity index is 958. The molecule has 3 rings (SSSR count). The van der Waals surface area contributed by atoms with Gasteiger partial charge in [-0.3, -0.25) is 0 Å². The summed E-state index contributed by atoms with van der Waals surface area (Å²) in [5, 5.41) is 4.00. The van der Waals surface area contributed by atoms with Crippen LogP contribution in [-0.2, 0) is 0 Å². The van der Waals surface area contributed by atoms with Crippen molar-refractivity contribution < 1.29 is 18.9 Å². The van der Waals surface area contributed by atoms with Crippen molar-refractivity contribution in [3.63, 3.8) is 0 Å². The monoisotopic (exact) mass is 447 g/mol. The van der Waals surface area contributed by atoms with E-state index in [0.717, 1.165) is 27.1 Å². The summed E-state index contributed by atoms with van der Waals surface area (Å²) in [6.45, 7) is 0. The Kier molecular flexibility index (Phi) is 6.23. The molecule has 3 aromatic rings. The molecule has 28 heavy (non-hydrogen) atoms. The molecule has 2 aromatic carbocycles. The van der Waals surface area contributed by atoms with E-state index in [-0.39, 0.29) is 14.5 Å². The maximum atomic E-state index is 5.72. The van der Waals surface area contributed by atoms with Crippen LogP contribution in [0.3, 0.4) is 0 Å². The van der Waals surface area contributed by atoms with Crippen molar-refractivity contribution >= 4 is 20.2 Å². The van der Waals surface area contributed by atoms with Gasteiger partial charge in [-0.15, -0.1) is 0 Å². The van der Waals surface area contributed by atoms with Crippen LogP contribution < -0.4 is 24.8 Å². The standard InChI is InChI=1S/C20H21N3O4Se/c1-24-14-7-5-12(6-8-14)15-11-28-20(22-15)18(23-21)13-9-16(25-2)19(27-4)17(10-13)26-3/h5-11H,21H2,1-4H3. The summed E-state index contributed by atoms with van der Waals surface area (Å²) in [4.78, 5) is 6.86. The molecule has 0 aliphatic rings. The van der Waals surface area contributed by atoms with Gasteiger partial charge in [0.25, 0.3) is 0 Å². The third kappa shape index (κ3) is 3.83. The number of rotatable bonds is 7. The van der Waals surface area contributed by atoms with Gasteiger partial charge in [0, 0.05) is 0 Å². The summed E-state index contributed by atoms with van der Waals surface area (Å²) in [5.41, 5.74) is 3.26. The van der Waals surface area contributed by atoms with E-state index < -0.39 is 0 Å². The van der Waals surface area contributed by atoms with Gasteiger partial charge in [-0.05, 0) is 0 Å². The molecule has 0 radical (unpaired) electrons. The predicted octanol–water partition coefficient (Wildman–Crippen LogP) is 2.55. The van der Waals surface area contributed by atoms with E-state index in [2.05, 4.69) is 10.0 Å². The van der Waals surface area contributed by atoms with Gasteiger partial charge in [-0.1, -0.05) is 0 Å². The molecule has 0 amide bonds. The van der Waals surface area contributed by atoms with E-state index >= 15 is 0 Å². The Morgan fingerprint density at radius 3 is 2.07 bits per heavy atom. The fraction of sp³-hybridized carbons (Fsp3) is 0.200. The number of benzene rings is 2. The van der Waals surface area contributed by atoms with E-state index in [1.807, 2.05) is 36.4 Å². The first-order valence-corrected chi connectivity index (χ1v) is 10.2. The second kappa shape index (κ2) is 8.82. The Morgan fingerprint density at radius 2 is 1.57 bits per heavy atom. The van der Waals surface area contributed by atoms with Gasteiger partial charge in [0.1, 0.15) is 0 Å². The van der Waals surface area contributed by atoms with E-state index in [0.29, 0.717) is 23.0 Å². The molecule has 0 aliphatic heterocycles. The van der Waals surface area contributed by atoms with E-state index in [4.69, 9.17) is 29.8 Å². The van der Waals surface area contributed by atoms with Gasteiger partial charge in [0.15, 0.2) is 0 Å². The van der Waals surface area contributed by atoms with Crippen LogP contribution in [0.5, 0.6) is 23.0 Å². The molecule has 8 heteroatoms. The number of hydrazone groups is 1. The van der Waals surface area contributed by atoms with E-state index in [1.165, 1.54) is 0 Å². The number of nitrogens with two attached hydrogens (primary N) is 1. The van der Waals surface area contributed by atoms with Crippen LogP contribution in [0.25, 0.3) is 11.3 Å². The summed E-state index contributed by atoms with van der Waals surface area (Å²) >= 11 is -0.00609. The van der Waals surface area contributed by atoms with Crippen molar-refractivity contribution in [2.45, 2.75) is 0 Å². The molecular formula is C20H21N3O4Se. The molecule has 0 bridgehead atoms. The van der Waals surface area contributed by atoms with Gasteiger partial charge in [0.2, 0.25) is 0 Å². The first kappa shape index (κ1) is 19.8. The number of hydrogen-bond donors (Lipinski definition) is 1. The van der Waals surface area contributed by atoms with Crippen molar-refractivity contribution in [2.75, 3.05) is 28.4 Å². The first-order chi connectivity index (χ1) is 13.6. The van der Waals surface area contributed by atoms with Gasteiger partial charge < -0.3 is 0 Å². The Labute approximate surface area is 169 Å². The van der Waals surface area contributed by atoms with Crippen molar-refractivity contribution in [1.82, 2.24) is 4.98 Å². The summed E-state index contributed by atoms with van der Waals surface area (Å²) in [5.74, 6) is 8.11. The fourth-order valence-corrected chi connectivity index (χ4v) is 4.52. The SMILES string of the molecule is COc1ccc(-c2c[se]c(C(=NN)c3cc(OC)c(OC)c(OC)c3)n2)cc1. The first-order valence-electron chi connectivity index (χ1n) is 8.33. The van der Waals surface area contributed by atoms with Crippen LogP contribution in [-0.4, -0.2) is 53.6 Å². The van der Waals surface area contributed by atoms with Crippen molar-refractivity contribution in [1.29, 1.82) is 0 Å². The normalized spacial score (nSPS) is 11.2. The number of hydrogen-bond acceptors (Lipinski definition) is 7. The number of aromatic nitrogens is 1. The number of methoxy groups -OCH3 is 4. The van der Waals surface area contributed by atoms with Crippen LogP contribution in [0.2, 0.25) is 0 Å². The molecule has 7 nitrogen and oxygen atoms in total. The second-order valence-electron chi connectivity index (χ2n) is 5.66. The molecular weight excluding hydrogens is 425 g/mol. The third-order valence-electron chi connectivity index (χ3n) is 4.16. The average molecular weight is 446 g/mol. The minimum absolute atomic E-state index is 0.00609. The molecule has 0 atom stereocenters. The third-order valence-corrected chi connectivity index (χ3v) is 5.94. The maximum absolute atomic E-state index is 5.72. The van der Waals surface area contributed by atoms with Crippen LogP contribution in [0.1, 0.15) is 10.1 Å². The van der Waals surface area contributed by atoms with E-state index in [1.54, 1.807) is 28.4 Å². The molecule has 0 spiro atoms. The zero-order valence-electron chi connectivity index (χ0n) is 16.1. The molecule has 1 heterocycles. The van der Waals surface area contributed by atoms with Crippen LogP contribution in [0.15, 0.2) is 46.4 Å². The van der Waals surface area contributed by atoms with Gasteiger partial charge in [-0.2, -0.15) is 0 Å². The van der Waals surface area contributed by atoms with Gasteiger partial charge in [-0.25, -0.2) is 0 Å². The summed E-state index contributed by atoms with van der Waals surface area (Å²) < 4.78 is 22.3. The zero-order chi connectivity index (χ0) is 20.1. The molecule has 146 valence electrons. The minimum atomic E-state index is -0.00609. The number of ether oxygens (including phenoxy) is 4. The molecule has 0 fully saturated rings. The number of nitrogens with zero attached hydrogens (tertiary/aromatic N) is 2. The van der Waals surface area contributed by atoms with Crippen molar-refractivity contribution in [3.05, 3.63) is 51.5 Å². The molecule has 2 N–H and O–H groups in total. The molecule has 0 saturated carbocycles. The second-order valence-corrected chi connectivity index (χ2v) is 7.46. The van der Waals surface area contributed by atoms with Crippen molar-refractivity contribution in [3.8, 4) is 34.3 Å². The summed E-state index contributed by atoms with van der Waals surface area (Å²) in [6, 6.07) is 11.4. The fourth-order valence-electron chi connectivity index (χ4n) is 2.75. The summed E-state index contributed by atoms with van der Waals surface area (Å²) in [6.07, 6.45) is 0. The molecule has 1 aromatic heterocycles. The quantitative estimate of drug-likeness (QED) is 0.260.